The van der Waals surface area contributed by atoms with Gasteiger partial charge in [-0.2, -0.15) is 9.52 Å². The van der Waals surface area contributed by atoms with Gasteiger partial charge in [0, 0.05) is 17.5 Å². The molecule has 0 radical (unpaired) electrons. The summed E-state index contributed by atoms with van der Waals surface area (Å²) in [5.41, 5.74) is 2.29. The maximum Gasteiger partial charge on any atom is 0.253 e. The molecule has 0 bridgehead atoms. The molecular weight excluding hydrogens is 354 g/mol. The minimum atomic E-state index is -3.65. The molecule has 0 saturated heterocycles. The second-order valence-electron chi connectivity index (χ2n) is 6.42. The number of aryl methyl sites for hydroxylation is 1. The number of benzene rings is 1. The highest BCUT2D eigenvalue weighted by atomic mass is 32.2. The van der Waals surface area contributed by atoms with Crippen molar-refractivity contribution in [3.8, 4) is 0 Å². The summed E-state index contributed by atoms with van der Waals surface area (Å²) >= 11 is 0. The number of hydrazone groups is 1. The number of nitrogens with zero attached hydrogens (tertiary/aromatic N) is 2. The fraction of sp³-hybridized carbons (Fsp3) is 0.222. The molecule has 3 aromatic rings. The number of aromatic amines is 1. The third kappa shape index (κ3) is 2.82. The summed E-state index contributed by atoms with van der Waals surface area (Å²) in [6, 6.07) is 10.2. The molecule has 0 fully saturated rings. The third-order valence-electron chi connectivity index (χ3n) is 4.41. The highest BCUT2D eigenvalue weighted by Crippen LogP contribution is 2.34. The van der Waals surface area contributed by atoms with E-state index in [1.54, 1.807) is 18.2 Å². The van der Waals surface area contributed by atoms with E-state index in [0.717, 1.165) is 21.6 Å². The van der Waals surface area contributed by atoms with Gasteiger partial charge >= 0.3 is 0 Å². The molecule has 134 valence electrons. The van der Waals surface area contributed by atoms with Crippen LogP contribution in [0.5, 0.6) is 0 Å². The molecule has 1 N–H and O–H groups in total. The summed E-state index contributed by atoms with van der Waals surface area (Å²) in [6.45, 7) is 1.96. The SMILES string of the molecule is Cc1ccc2[nH]c(=O)c(C3CC(c4ccco4)=NN3S(C)(=O)=O)cc2c1. The molecule has 1 aliphatic heterocycles. The Bertz CT molecular complexity index is 1180. The first-order valence-electron chi connectivity index (χ1n) is 8.07. The third-order valence-corrected chi connectivity index (χ3v) is 5.42. The standard InChI is InChI=1S/C18H17N3O4S/c1-11-5-6-14-12(8-11)9-13(18(22)19-14)16-10-15(17-4-3-7-25-17)20-21(16)26(2,23)24/h3-9,16H,10H2,1-2H3,(H,19,22). The lowest BCUT2D eigenvalue weighted by molar-refractivity contribution is 0.373. The molecule has 4 rings (SSSR count). The van der Waals surface area contributed by atoms with Crippen LogP contribution in [0, 0.1) is 6.92 Å². The van der Waals surface area contributed by atoms with Crippen molar-refractivity contribution in [3.63, 3.8) is 0 Å². The fourth-order valence-corrected chi connectivity index (χ4v) is 4.11. The number of aromatic nitrogens is 1. The molecule has 0 aliphatic carbocycles. The van der Waals surface area contributed by atoms with E-state index in [9.17, 15) is 13.2 Å². The van der Waals surface area contributed by atoms with Crippen molar-refractivity contribution in [2.45, 2.75) is 19.4 Å². The molecule has 0 spiro atoms. The van der Waals surface area contributed by atoms with Crippen molar-refractivity contribution in [2.75, 3.05) is 6.26 Å². The summed E-state index contributed by atoms with van der Waals surface area (Å²) in [6.07, 6.45) is 2.84. The van der Waals surface area contributed by atoms with Gasteiger partial charge in [-0.3, -0.25) is 4.79 Å². The highest BCUT2D eigenvalue weighted by Gasteiger charge is 2.36. The molecule has 1 atom stereocenters. The number of furan rings is 1. The number of rotatable bonds is 3. The van der Waals surface area contributed by atoms with Crippen LogP contribution < -0.4 is 5.56 Å². The normalized spacial score (nSPS) is 17.7. The van der Waals surface area contributed by atoms with Gasteiger partial charge in [0.1, 0.15) is 11.5 Å². The lowest BCUT2D eigenvalue weighted by Gasteiger charge is -2.21. The monoisotopic (exact) mass is 371 g/mol. The first kappa shape index (κ1) is 16.6. The van der Waals surface area contributed by atoms with E-state index >= 15 is 0 Å². The minimum Gasteiger partial charge on any atom is -0.463 e. The van der Waals surface area contributed by atoms with E-state index in [1.807, 2.05) is 25.1 Å². The molecule has 1 aliphatic rings. The van der Waals surface area contributed by atoms with Crippen LogP contribution in [-0.2, 0) is 10.0 Å². The van der Waals surface area contributed by atoms with Crippen LogP contribution in [0.15, 0.2) is 57.0 Å². The van der Waals surface area contributed by atoms with E-state index in [4.69, 9.17) is 4.42 Å². The zero-order valence-electron chi connectivity index (χ0n) is 14.3. The number of H-pyrrole nitrogens is 1. The second kappa shape index (κ2) is 5.84. The molecule has 0 amide bonds. The van der Waals surface area contributed by atoms with Crippen molar-refractivity contribution < 1.29 is 12.8 Å². The molecule has 8 heteroatoms. The highest BCUT2D eigenvalue weighted by molar-refractivity contribution is 7.88. The zero-order valence-corrected chi connectivity index (χ0v) is 15.1. The lowest BCUT2D eigenvalue weighted by Crippen LogP contribution is -2.30. The molecule has 26 heavy (non-hydrogen) atoms. The van der Waals surface area contributed by atoms with Crippen LogP contribution in [0.2, 0.25) is 0 Å². The van der Waals surface area contributed by atoms with Gasteiger partial charge in [0.05, 0.1) is 18.6 Å². The molecule has 3 heterocycles. The molecule has 1 aromatic carbocycles. The molecular formula is C18H17N3O4S. The Labute approximate surface area is 150 Å². The Kier molecular flexibility index (Phi) is 3.73. The van der Waals surface area contributed by atoms with E-state index in [1.165, 1.54) is 6.26 Å². The van der Waals surface area contributed by atoms with Crippen LogP contribution in [0.4, 0.5) is 0 Å². The quantitative estimate of drug-likeness (QED) is 0.765. The first-order chi connectivity index (χ1) is 12.3. The Hall–Kier alpha value is -2.87. The van der Waals surface area contributed by atoms with Gasteiger partial charge in [-0.1, -0.05) is 11.6 Å². The number of hydrogen-bond acceptors (Lipinski definition) is 5. The van der Waals surface area contributed by atoms with Crippen LogP contribution in [-0.4, -0.2) is 29.8 Å². The number of fused-ring (bicyclic) bond motifs is 1. The summed E-state index contributed by atoms with van der Waals surface area (Å²) in [5.74, 6) is 0.495. The minimum absolute atomic E-state index is 0.265. The first-order valence-corrected chi connectivity index (χ1v) is 9.92. The maximum atomic E-state index is 12.6. The van der Waals surface area contributed by atoms with E-state index in [-0.39, 0.29) is 12.0 Å². The van der Waals surface area contributed by atoms with Gasteiger partial charge < -0.3 is 9.40 Å². The second-order valence-corrected chi connectivity index (χ2v) is 8.26. The van der Waals surface area contributed by atoms with E-state index in [0.29, 0.717) is 22.6 Å². The molecule has 7 nitrogen and oxygen atoms in total. The van der Waals surface area contributed by atoms with Crippen molar-refractivity contribution in [1.29, 1.82) is 0 Å². The summed E-state index contributed by atoms with van der Waals surface area (Å²) in [4.78, 5) is 15.5. The van der Waals surface area contributed by atoms with Crippen LogP contribution in [0.1, 0.15) is 29.3 Å². The van der Waals surface area contributed by atoms with Gasteiger partial charge in [0.2, 0.25) is 10.0 Å². The Morgan fingerprint density at radius 3 is 2.77 bits per heavy atom. The summed E-state index contributed by atoms with van der Waals surface area (Å²) in [5, 5.41) is 5.06. The number of sulfonamides is 1. The van der Waals surface area contributed by atoms with Crippen LogP contribution >= 0.6 is 0 Å². The van der Waals surface area contributed by atoms with Gasteiger partial charge in [-0.25, -0.2) is 8.42 Å². The molecule has 0 saturated carbocycles. The van der Waals surface area contributed by atoms with Crippen molar-refractivity contribution >= 4 is 26.6 Å². The molecule has 2 aromatic heterocycles. The van der Waals surface area contributed by atoms with Crippen LogP contribution in [0.25, 0.3) is 10.9 Å². The Morgan fingerprint density at radius 2 is 2.08 bits per heavy atom. The topological polar surface area (TPSA) is 95.7 Å². The van der Waals surface area contributed by atoms with Gasteiger partial charge in [0.15, 0.2) is 0 Å². The average Bonchev–Trinajstić information content (AvgIpc) is 3.23. The van der Waals surface area contributed by atoms with Gasteiger partial charge in [-0.15, -0.1) is 0 Å². The Balaban J connectivity index is 1.85. The Morgan fingerprint density at radius 1 is 1.27 bits per heavy atom. The number of hydrogen-bond donors (Lipinski definition) is 1. The van der Waals surface area contributed by atoms with Gasteiger partial charge in [-0.05, 0) is 42.6 Å². The maximum absolute atomic E-state index is 12.6. The lowest BCUT2D eigenvalue weighted by atomic mass is 10.0. The zero-order chi connectivity index (χ0) is 18.5. The molecule has 1 unspecified atom stereocenters. The average molecular weight is 371 g/mol. The predicted octanol–water partition coefficient (Wildman–Crippen LogP) is 2.54. The fourth-order valence-electron chi connectivity index (χ4n) is 3.21. The van der Waals surface area contributed by atoms with E-state index in [2.05, 4.69) is 10.1 Å². The van der Waals surface area contributed by atoms with Gasteiger partial charge in [0.25, 0.3) is 5.56 Å². The van der Waals surface area contributed by atoms with E-state index < -0.39 is 16.1 Å². The number of nitrogens with one attached hydrogen (secondary N) is 1. The van der Waals surface area contributed by atoms with Crippen LogP contribution in [0.3, 0.4) is 0 Å². The van der Waals surface area contributed by atoms with Crippen molar-refractivity contribution in [2.24, 2.45) is 5.10 Å². The van der Waals surface area contributed by atoms with Crippen molar-refractivity contribution in [3.05, 3.63) is 69.9 Å². The largest absolute Gasteiger partial charge is 0.463 e. The summed E-state index contributed by atoms with van der Waals surface area (Å²) in [7, 11) is -3.65. The smallest absolute Gasteiger partial charge is 0.253 e. The predicted molar refractivity (Wildman–Crippen MR) is 98.6 cm³/mol. The van der Waals surface area contributed by atoms with Crippen molar-refractivity contribution in [1.82, 2.24) is 9.40 Å². The summed E-state index contributed by atoms with van der Waals surface area (Å²) < 4.78 is 30.8. The number of pyridine rings is 1.